The molecule has 0 spiro atoms. The fourth-order valence-electron chi connectivity index (χ4n) is 2.03. The number of hydrogen-bond donors (Lipinski definition) is 2. The molecule has 20 heavy (non-hydrogen) atoms. The molecule has 2 N–H and O–H groups in total. The largest absolute Gasteiger partial charge is 0.358 e. The van der Waals surface area contributed by atoms with Gasteiger partial charge in [-0.25, -0.2) is 0 Å². The lowest BCUT2D eigenvalue weighted by Crippen LogP contribution is -2.28. The van der Waals surface area contributed by atoms with Crippen LogP contribution in [0.4, 0.5) is 5.69 Å². The first-order valence-electron chi connectivity index (χ1n) is 6.87. The first-order chi connectivity index (χ1) is 9.69. The zero-order chi connectivity index (χ0) is 14.4. The van der Waals surface area contributed by atoms with E-state index in [9.17, 15) is 0 Å². The van der Waals surface area contributed by atoms with Crippen LogP contribution in [0.1, 0.15) is 23.6 Å². The molecule has 0 aliphatic rings. The van der Waals surface area contributed by atoms with E-state index in [0.29, 0.717) is 5.11 Å². The Bertz CT molecular complexity index is 593. The number of aryl methyl sites for hydroxylation is 2. The maximum atomic E-state index is 5.34. The van der Waals surface area contributed by atoms with Gasteiger partial charge in [-0.1, -0.05) is 43.3 Å². The summed E-state index contributed by atoms with van der Waals surface area (Å²) in [7, 11) is 0. The van der Waals surface area contributed by atoms with Gasteiger partial charge in [0, 0.05) is 12.2 Å². The van der Waals surface area contributed by atoms with Gasteiger partial charge in [-0.15, -0.1) is 0 Å². The van der Waals surface area contributed by atoms with Crippen LogP contribution in [0.2, 0.25) is 0 Å². The Morgan fingerprint density at radius 2 is 1.90 bits per heavy atom. The van der Waals surface area contributed by atoms with Crippen LogP contribution in [0.3, 0.4) is 0 Å². The normalized spacial score (nSPS) is 10.1. The monoisotopic (exact) mass is 284 g/mol. The SMILES string of the molecule is CCc1cccc(NC(=S)NCc2ccccc2C)c1. The van der Waals surface area contributed by atoms with Crippen molar-refractivity contribution in [1.82, 2.24) is 5.32 Å². The van der Waals surface area contributed by atoms with Gasteiger partial charge in [0.05, 0.1) is 0 Å². The summed E-state index contributed by atoms with van der Waals surface area (Å²) in [5.41, 5.74) is 4.87. The van der Waals surface area contributed by atoms with Gasteiger partial charge in [-0.2, -0.15) is 0 Å². The summed E-state index contributed by atoms with van der Waals surface area (Å²) in [4.78, 5) is 0. The first-order valence-corrected chi connectivity index (χ1v) is 7.28. The van der Waals surface area contributed by atoms with Gasteiger partial charge in [0.1, 0.15) is 0 Å². The average Bonchev–Trinajstić information content (AvgIpc) is 2.46. The number of nitrogens with one attached hydrogen (secondary N) is 2. The first kappa shape index (κ1) is 14.5. The topological polar surface area (TPSA) is 24.1 Å². The Kier molecular flexibility index (Phi) is 5.13. The molecule has 3 heteroatoms. The van der Waals surface area contributed by atoms with Crippen LogP contribution in [0.15, 0.2) is 48.5 Å². The molecule has 0 aromatic heterocycles. The maximum Gasteiger partial charge on any atom is 0.171 e. The fraction of sp³-hybridized carbons (Fsp3) is 0.235. The molecule has 0 bridgehead atoms. The highest BCUT2D eigenvalue weighted by molar-refractivity contribution is 7.80. The average molecular weight is 284 g/mol. The lowest BCUT2D eigenvalue weighted by molar-refractivity contribution is 0.915. The Labute approximate surface area is 126 Å². The molecule has 2 aromatic rings. The second-order valence-corrected chi connectivity index (χ2v) is 5.20. The minimum atomic E-state index is 0.654. The molecule has 0 heterocycles. The third kappa shape index (κ3) is 4.07. The lowest BCUT2D eigenvalue weighted by Gasteiger charge is -2.12. The van der Waals surface area contributed by atoms with Gasteiger partial charge in [0.15, 0.2) is 5.11 Å². The molecule has 2 rings (SSSR count). The van der Waals surface area contributed by atoms with Gasteiger partial charge in [-0.05, 0) is 54.4 Å². The van der Waals surface area contributed by atoms with Gasteiger partial charge < -0.3 is 10.6 Å². The van der Waals surface area contributed by atoms with Crippen LogP contribution < -0.4 is 10.6 Å². The highest BCUT2D eigenvalue weighted by Gasteiger charge is 2.00. The van der Waals surface area contributed by atoms with E-state index in [-0.39, 0.29) is 0 Å². The quantitative estimate of drug-likeness (QED) is 0.828. The molecule has 0 radical (unpaired) electrons. The lowest BCUT2D eigenvalue weighted by atomic mass is 10.1. The van der Waals surface area contributed by atoms with E-state index in [1.54, 1.807) is 0 Å². The van der Waals surface area contributed by atoms with Gasteiger partial charge in [0.2, 0.25) is 0 Å². The van der Waals surface area contributed by atoms with Gasteiger partial charge >= 0.3 is 0 Å². The van der Waals surface area contributed by atoms with Crippen molar-refractivity contribution in [1.29, 1.82) is 0 Å². The zero-order valence-electron chi connectivity index (χ0n) is 11.9. The molecule has 2 nitrogen and oxygen atoms in total. The van der Waals surface area contributed by atoms with Crippen molar-refractivity contribution in [3.8, 4) is 0 Å². The van der Waals surface area contributed by atoms with E-state index in [2.05, 4.69) is 48.7 Å². The molecule has 0 saturated heterocycles. The highest BCUT2D eigenvalue weighted by atomic mass is 32.1. The molecule has 0 saturated carbocycles. The summed E-state index contributed by atoms with van der Waals surface area (Å²) in [6.07, 6.45) is 1.03. The minimum Gasteiger partial charge on any atom is -0.358 e. The summed E-state index contributed by atoms with van der Waals surface area (Å²) in [5, 5.41) is 7.13. The van der Waals surface area contributed by atoms with Crippen LogP contribution in [0.25, 0.3) is 0 Å². The van der Waals surface area contributed by atoms with Gasteiger partial charge in [-0.3, -0.25) is 0 Å². The molecule has 0 amide bonds. The van der Waals surface area contributed by atoms with Crippen LogP contribution in [-0.2, 0) is 13.0 Å². The van der Waals surface area contributed by atoms with E-state index < -0.39 is 0 Å². The van der Waals surface area contributed by atoms with Gasteiger partial charge in [0.25, 0.3) is 0 Å². The van der Waals surface area contributed by atoms with Crippen molar-refractivity contribution in [2.45, 2.75) is 26.8 Å². The molecule has 0 unspecified atom stereocenters. The molecule has 0 atom stereocenters. The second-order valence-electron chi connectivity index (χ2n) is 4.79. The smallest absolute Gasteiger partial charge is 0.171 e. The second kappa shape index (κ2) is 7.06. The Morgan fingerprint density at radius 3 is 2.65 bits per heavy atom. The van der Waals surface area contributed by atoms with E-state index >= 15 is 0 Å². The summed E-state index contributed by atoms with van der Waals surface area (Å²) in [6, 6.07) is 16.6. The Balaban J connectivity index is 1.91. The van der Waals surface area contributed by atoms with Crippen LogP contribution in [0.5, 0.6) is 0 Å². The van der Waals surface area contributed by atoms with Crippen molar-refractivity contribution < 1.29 is 0 Å². The summed E-state index contributed by atoms with van der Waals surface area (Å²) in [6.45, 7) is 5.00. The van der Waals surface area contributed by atoms with Crippen LogP contribution in [-0.4, -0.2) is 5.11 Å². The molecule has 0 aliphatic carbocycles. The Hall–Kier alpha value is -1.87. The summed E-state index contributed by atoms with van der Waals surface area (Å²) >= 11 is 5.34. The maximum absolute atomic E-state index is 5.34. The number of hydrogen-bond acceptors (Lipinski definition) is 1. The van der Waals surface area contributed by atoms with Crippen LogP contribution >= 0.6 is 12.2 Å². The van der Waals surface area contributed by atoms with Crippen molar-refractivity contribution in [2.75, 3.05) is 5.32 Å². The standard InChI is InChI=1S/C17H20N2S/c1-3-14-8-6-10-16(11-14)19-17(20)18-12-15-9-5-4-7-13(15)2/h4-11H,3,12H2,1-2H3,(H2,18,19,20). The molecular weight excluding hydrogens is 264 g/mol. The number of thiocarbonyl (C=S) groups is 1. The minimum absolute atomic E-state index is 0.654. The predicted octanol–water partition coefficient (Wildman–Crippen LogP) is 4.04. The summed E-state index contributed by atoms with van der Waals surface area (Å²) < 4.78 is 0. The van der Waals surface area contributed by atoms with E-state index in [4.69, 9.17) is 12.2 Å². The van der Waals surface area contributed by atoms with E-state index in [1.807, 2.05) is 24.3 Å². The molecule has 0 fully saturated rings. The number of benzene rings is 2. The van der Waals surface area contributed by atoms with E-state index in [0.717, 1.165) is 18.7 Å². The fourth-order valence-corrected chi connectivity index (χ4v) is 2.22. The van der Waals surface area contributed by atoms with Crippen molar-refractivity contribution >= 4 is 23.0 Å². The number of anilines is 1. The molecular formula is C17H20N2S. The number of rotatable bonds is 4. The molecule has 0 aliphatic heterocycles. The molecule has 104 valence electrons. The third-order valence-corrected chi connectivity index (χ3v) is 3.54. The van der Waals surface area contributed by atoms with Crippen molar-refractivity contribution in [2.24, 2.45) is 0 Å². The van der Waals surface area contributed by atoms with Crippen molar-refractivity contribution in [3.05, 3.63) is 65.2 Å². The van der Waals surface area contributed by atoms with Crippen LogP contribution in [0, 0.1) is 6.92 Å². The third-order valence-electron chi connectivity index (χ3n) is 3.29. The summed E-state index contributed by atoms with van der Waals surface area (Å²) in [5.74, 6) is 0. The Morgan fingerprint density at radius 1 is 1.10 bits per heavy atom. The molecule has 2 aromatic carbocycles. The highest BCUT2D eigenvalue weighted by Crippen LogP contribution is 2.11. The van der Waals surface area contributed by atoms with Crippen molar-refractivity contribution in [3.63, 3.8) is 0 Å². The predicted molar refractivity (Wildman–Crippen MR) is 90.1 cm³/mol. The zero-order valence-corrected chi connectivity index (χ0v) is 12.8. The van der Waals surface area contributed by atoms with E-state index in [1.165, 1.54) is 16.7 Å².